The van der Waals surface area contributed by atoms with E-state index in [1.807, 2.05) is 30.3 Å². The lowest BCUT2D eigenvalue weighted by Crippen LogP contribution is -2.30. The van der Waals surface area contributed by atoms with Crippen molar-refractivity contribution in [3.63, 3.8) is 0 Å². The number of carbonyl (C=O) groups is 1. The van der Waals surface area contributed by atoms with E-state index in [2.05, 4.69) is 43.7 Å². The van der Waals surface area contributed by atoms with Gasteiger partial charge in [0.05, 0.1) is 0 Å². The van der Waals surface area contributed by atoms with Crippen molar-refractivity contribution in [1.29, 1.82) is 0 Å². The predicted octanol–water partition coefficient (Wildman–Crippen LogP) is 1.98. The Bertz CT molecular complexity index is 1080. The van der Waals surface area contributed by atoms with Gasteiger partial charge in [-0.2, -0.15) is 0 Å². The number of aromatic amines is 1. The van der Waals surface area contributed by atoms with Gasteiger partial charge in [-0.05, 0) is 30.6 Å². The molecule has 8 nitrogen and oxygen atoms in total. The van der Waals surface area contributed by atoms with Crippen molar-refractivity contribution in [3.05, 3.63) is 55.1 Å². The topological polar surface area (TPSA) is 96.0 Å². The molecule has 0 bridgehead atoms. The van der Waals surface area contributed by atoms with Crippen LogP contribution < -0.4 is 10.1 Å². The SMILES string of the molecule is C=CC(=O)N1CC[C@@H](Nc2ncnc3[nH]c(C#CCOc4ccccc4)nc23)C1. The lowest BCUT2D eigenvalue weighted by molar-refractivity contribution is -0.125. The summed E-state index contributed by atoms with van der Waals surface area (Å²) in [7, 11) is 0. The number of fused-ring (bicyclic) bond motifs is 1. The van der Waals surface area contributed by atoms with E-state index in [0.29, 0.717) is 35.9 Å². The highest BCUT2D eigenvalue weighted by molar-refractivity contribution is 5.87. The third-order valence-electron chi connectivity index (χ3n) is 4.56. The molecule has 1 fully saturated rings. The van der Waals surface area contributed by atoms with E-state index in [-0.39, 0.29) is 18.6 Å². The fourth-order valence-corrected chi connectivity index (χ4v) is 3.15. The third kappa shape index (κ3) is 4.35. The number of hydrogen-bond acceptors (Lipinski definition) is 6. The number of ether oxygens (including phenoxy) is 1. The number of rotatable bonds is 5. The molecule has 29 heavy (non-hydrogen) atoms. The largest absolute Gasteiger partial charge is 0.481 e. The second-order valence-corrected chi connectivity index (χ2v) is 6.53. The molecule has 3 aromatic rings. The highest BCUT2D eigenvalue weighted by Gasteiger charge is 2.25. The number of nitrogens with one attached hydrogen (secondary N) is 2. The number of amides is 1. The summed E-state index contributed by atoms with van der Waals surface area (Å²) < 4.78 is 5.56. The van der Waals surface area contributed by atoms with E-state index >= 15 is 0 Å². The number of para-hydroxylation sites is 1. The fourth-order valence-electron chi connectivity index (χ4n) is 3.15. The van der Waals surface area contributed by atoms with E-state index in [1.165, 1.54) is 12.4 Å². The van der Waals surface area contributed by atoms with Gasteiger partial charge >= 0.3 is 0 Å². The van der Waals surface area contributed by atoms with Crippen LogP contribution >= 0.6 is 0 Å². The van der Waals surface area contributed by atoms with Gasteiger partial charge in [0.15, 0.2) is 22.8 Å². The first-order valence-corrected chi connectivity index (χ1v) is 9.28. The van der Waals surface area contributed by atoms with Gasteiger partial charge in [-0.1, -0.05) is 30.7 Å². The summed E-state index contributed by atoms with van der Waals surface area (Å²) in [4.78, 5) is 29.6. The Hall–Kier alpha value is -3.86. The number of imidazole rings is 1. The van der Waals surface area contributed by atoms with Crippen molar-refractivity contribution in [3.8, 4) is 17.6 Å². The Labute approximate surface area is 168 Å². The molecule has 0 unspecified atom stereocenters. The number of aromatic nitrogens is 4. The molecule has 0 aliphatic carbocycles. The van der Waals surface area contributed by atoms with E-state index in [0.717, 1.165) is 12.2 Å². The van der Waals surface area contributed by atoms with Gasteiger partial charge in [-0.15, -0.1) is 0 Å². The molecule has 1 aliphatic rings. The van der Waals surface area contributed by atoms with Crippen LogP contribution in [0.5, 0.6) is 5.75 Å². The first-order valence-electron chi connectivity index (χ1n) is 9.28. The van der Waals surface area contributed by atoms with Crippen molar-refractivity contribution in [2.45, 2.75) is 12.5 Å². The van der Waals surface area contributed by atoms with Crippen LogP contribution in [0.1, 0.15) is 12.2 Å². The Morgan fingerprint density at radius 1 is 1.38 bits per heavy atom. The number of H-pyrrole nitrogens is 1. The maximum Gasteiger partial charge on any atom is 0.246 e. The molecule has 0 saturated carbocycles. The van der Waals surface area contributed by atoms with Gasteiger partial charge in [-0.25, -0.2) is 15.0 Å². The first kappa shape index (κ1) is 18.5. The number of hydrogen-bond donors (Lipinski definition) is 2. The number of anilines is 1. The highest BCUT2D eigenvalue weighted by atomic mass is 16.5. The van der Waals surface area contributed by atoms with Crippen LogP contribution in [0, 0.1) is 11.8 Å². The molecule has 1 aliphatic heterocycles. The fraction of sp³-hybridized carbons (Fsp3) is 0.238. The molecule has 1 saturated heterocycles. The molecule has 1 atom stereocenters. The van der Waals surface area contributed by atoms with Crippen LogP contribution in [0.15, 0.2) is 49.3 Å². The van der Waals surface area contributed by atoms with Gasteiger partial charge in [0.1, 0.15) is 18.7 Å². The van der Waals surface area contributed by atoms with E-state index in [1.54, 1.807) is 4.90 Å². The van der Waals surface area contributed by atoms with E-state index < -0.39 is 0 Å². The quantitative estimate of drug-likeness (QED) is 0.513. The standard InChI is InChI=1S/C21H20N6O2/c1-2-18(28)27-11-10-15(13-27)24-20-19-21(23-14-22-20)26-17(25-19)9-6-12-29-16-7-4-3-5-8-16/h2-5,7-8,14-15H,1,10-13H2,(H2,22,23,24,25,26)/t15-/m1/s1. The summed E-state index contributed by atoms with van der Waals surface area (Å²) in [5.41, 5.74) is 1.22. The lowest BCUT2D eigenvalue weighted by Gasteiger charge is -2.15. The average Bonchev–Trinajstić information content (AvgIpc) is 3.39. The van der Waals surface area contributed by atoms with Crippen LogP contribution in [-0.4, -0.2) is 56.5 Å². The molecule has 0 spiro atoms. The number of benzene rings is 1. The third-order valence-corrected chi connectivity index (χ3v) is 4.56. The second-order valence-electron chi connectivity index (χ2n) is 6.53. The average molecular weight is 388 g/mol. The van der Waals surface area contributed by atoms with Crippen molar-refractivity contribution in [2.24, 2.45) is 0 Å². The Morgan fingerprint density at radius 3 is 3.07 bits per heavy atom. The summed E-state index contributed by atoms with van der Waals surface area (Å²) in [5.74, 6) is 7.72. The van der Waals surface area contributed by atoms with Crippen LogP contribution in [0.25, 0.3) is 11.2 Å². The molecular formula is C21H20N6O2. The number of likely N-dealkylation sites (tertiary alicyclic amines) is 1. The Kier molecular flexibility index (Phi) is 5.38. The summed E-state index contributed by atoms with van der Waals surface area (Å²) >= 11 is 0. The van der Waals surface area contributed by atoms with Crippen LogP contribution in [0.3, 0.4) is 0 Å². The van der Waals surface area contributed by atoms with Gasteiger partial charge in [0.2, 0.25) is 5.91 Å². The molecule has 1 aromatic carbocycles. The van der Waals surface area contributed by atoms with Crippen molar-refractivity contribution in [1.82, 2.24) is 24.8 Å². The van der Waals surface area contributed by atoms with Gasteiger partial charge in [0.25, 0.3) is 0 Å². The van der Waals surface area contributed by atoms with Crippen LogP contribution in [-0.2, 0) is 4.79 Å². The molecule has 0 radical (unpaired) electrons. The zero-order valence-electron chi connectivity index (χ0n) is 15.8. The summed E-state index contributed by atoms with van der Waals surface area (Å²) in [6, 6.07) is 9.60. The molecule has 1 amide bonds. The molecular weight excluding hydrogens is 368 g/mol. The minimum absolute atomic E-state index is 0.0582. The molecule has 2 N–H and O–H groups in total. The normalized spacial score (nSPS) is 15.6. The molecule has 4 rings (SSSR count). The summed E-state index contributed by atoms with van der Waals surface area (Å²) in [5, 5.41) is 3.36. The first-order chi connectivity index (χ1) is 14.2. The van der Waals surface area contributed by atoms with Crippen molar-refractivity contribution in [2.75, 3.05) is 25.0 Å². The summed E-state index contributed by atoms with van der Waals surface area (Å²) in [6.45, 7) is 5.09. The minimum Gasteiger partial charge on any atom is -0.481 e. The van der Waals surface area contributed by atoms with Crippen molar-refractivity contribution < 1.29 is 9.53 Å². The second kappa shape index (κ2) is 8.44. The highest BCUT2D eigenvalue weighted by Crippen LogP contribution is 2.20. The van der Waals surface area contributed by atoms with Gasteiger partial charge in [-0.3, -0.25) is 4.79 Å². The maximum absolute atomic E-state index is 11.8. The van der Waals surface area contributed by atoms with Crippen LogP contribution in [0.4, 0.5) is 5.82 Å². The van der Waals surface area contributed by atoms with E-state index in [4.69, 9.17) is 4.74 Å². The van der Waals surface area contributed by atoms with Crippen LogP contribution in [0.2, 0.25) is 0 Å². The number of carbonyl (C=O) groups excluding carboxylic acids is 1. The van der Waals surface area contributed by atoms with Crippen molar-refractivity contribution >= 4 is 22.9 Å². The molecule has 8 heteroatoms. The van der Waals surface area contributed by atoms with Gasteiger partial charge < -0.3 is 19.9 Å². The summed E-state index contributed by atoms with van der Waals surface area (Å²) in [6.07, 6.45) is 3.64. The van der Waals surface area contributed by atoms with Gasteiger partial charge in [0, 0.05) is 19.1 Å². The zero-order chi connectivity index (χ0) is 20.1. The molecule has 3 heterocycles. The predicted molar refractivity (Wildman–Crippen MR) is 109 cm³/mol. The number of nitrogens with zero attached hydrogens (tertiary/aromatic N) is 4. The molecule has 146 valence electrons. The maximum atomic E-state index is 11.8. The Balaban J connectivity index is 1.43. The smallest absolute Gasteiger partial charge is 0.246 e. The zero-order valence-corrected chi connectivity index (χ0v) is 15.8. The molecule has 2 aromatic heterocycles. The minimum atomic E-state index is -0.0582. The monoisotopic (exact) mass is 388 g/mol. The van der Waals surface area contributed by atoms with E-state index in [9.17, 15) is 4.79 Å². The lowest BCUT2D eigenvalue weighted by atomic mass is 10.2. The Morgan fingerprint density at radius 2 is 2.24 bits per heavy atom.